The van der Waals surface area contributed by atoms with Crippen LogP contribution in [-0.4, -0.2) is 37.9 Å². The third kappa shape index (κ3) is 6.38. The first-order valence-corrected chi connectivity index (χ1v) is 9.02. The van der Waals surface area contributed by atoms with E-state index in [2.05, 4.69) is 10.6 Å². The van der Waals surface area contributed by atoms with E-state index in [1.54, 1.807) is 36.4 Å². The van der Waals surface area contributed by atoms with Crippen molar-refractivity contribution in [3.63, 3.8) is 0 Å². The fourth-order valence-electron chi connectivity index (χ4n) is 3.02. The Morgan fingerprint density at radius 1 is 1.04 bits per heavy atom. The molecule has 0 spiro atoms. The fourth-order valence-corrected chi connectivity index (χ4v) is 3.02. The molecule has 1 heterocycles. The zero-order chi connectivity index (χ0) is 18.2. The molecule has 5 nitrogen and oxygen atoms in total. The number of ketones is 1. The van der Waals surface area contributed by atoms with Crippen molar-refractivity contribution >= 4 is 24.1 Å². The van der Waals surface area contributed by atoms with Crippen LogP contribution in [0, 0.1) is 5.92 Å². The summed E-state index contributed by atoms with van der Waals surface area (Å²) < 4.78 is 5.51. The van der Waals surface area contributed by atoms with Crippen molar-refractivity contribution in [2.75, 3.05) is 26.2 Å². The second-order valence-corrected chi connectivity index (χ2v) is 6.52. The quantitative estimate of drug-likeness (QED) is 0.716. The molecule has 1 aliphatic rings. The lowest BCUT2D eigenvalue weighted by Crippen LogP contribution is -2.39. The van der Waals surface area contributed by atoms with Crippen molar-refractivity contribution in [2.24, 2.45) is 5.92 Å². The molecule has 2 aromatic carbocycles. The van der Waals surface area contributed by atoms with Gasteiger partial charge < -0.3 is 15.4 Å². The summed E-state index contributed by atoms with van der Waals surface area (Å²) in [4.78, 5) is 24.3. The van der Waals surface area contributed by atoms with Gasteiger partial charge in [-0.15, -0.1) is 12.4 Å². The summed E-state index contributed by atoms with van der Waals surface area (Å²) in [6.07, 6.45) is 2.30. The van der Waals surface area contributed by atoms with E-state index in [-0.39, 0.29) is 30.7 Å². The van der Waals surface area contributed by atoms with E-state index in [0.717, 1.165) is 25.9 Å². The van der Waals surface area contributed by atoms with Crippen molar-refractivity contribution < 1.29 is 14.3 Å². The van der Waals surface area contributed by atoms with Crippen LogP contribution in [0.2, 0.25) is 0 Å². The van der Waals surface area contributed by atoms with Crippen molar-refractivity contribution in [3.05, 3.63) is 65.7 Å². The third-order valence-electron chi connectivity index (χ3n) is 4.51. The molecule has 2 N–H and O–H groups in total. The summed E-state index contributed by atoms with van der Waals surface area (Å²) in [5.74, 6) is 0.913. The predicted molar refractivity (Wildman–Crippen MR) is 108 cm³/mol. The van der Waals surface area contributed by atoms with Crippen LogP contribution in [0.1, 0.15) is 28.8 Å². The number of carbonyl (C=O) groups excluding carboxylic acids is 2. The number of halogens is 1. The minimum Gasteiger partial charge on any atom is -0.484 e. The van der Waals surface area contributed by atoms with Crippen LogP contribution in [0.5, 0.6) is 5.75 Å². The van der Waals surface area contributed by atoms with Gasteiger partial charge in [-0.2, -0.15) is 0 Å². The lowest BCUT2D eigenvalue weighted by molar-refractivity contribution is -0.123. The van der Waals surface area contributed by atoms with Gasteiger partial charge in [-0.1, -0.05) is 30.3 Å². The zero-order valence-electron chi connectivity index (χ0n) is 15.1. The van der Waals surface area contributed by atoms with Gasteiger partial charge in [0.15, 0.2) is 12.4 Å². The van der Waals surface area contributed by atoms with Gasteiger partial charge in [0.05, 0.1) is 0 Å². The monoisotopic (exact) mass is 388 g/mol. The number of amides is 1. The summed E-state index contributed by atoms with van der Waals surface area (Å²) >= 11 is 0. The van der Waals surface area contributed by atoms with Gasteiger partial charge >= 0.3 is 0 Å². The van der Waals surface area contributed by atoms with E-state index in [1.807, 2.05) is 18.2 Å². The highest BCUT2D eigenvalue weighted by Gasteiger charge is 2.14. The highest BCUT2D eigenvalue weighted by atomic mass is 35.5. The van der Waals surface area contributed by atoms with Gasteiger partial charge in [0, 0.05) is 17.7 Å². The normalized spacial score (nSPS) is 16.1. The first-order valence-electron chi connectivity index (χ1n) is 9.02. The molecule has 0 bridgehead atoms. The van der Waals surface area contributed by atoms with Crippen LogP contribution in [0.3, 0.4) is 0 Å². The number of ether oxygens (including phenoxy) is 1. The molecule has 1 fully saturated rings. The summed E-state index contributed by atoms with van der Waals surface area (Å²) in [6.45, 7) is 2.68. The number of benzene rings is 2. The average Bonchev–Trinajstić information content (AvgIpc) is 2.72. The third-order valence-corrected chi connectivity index (χ3v) is 4.51. The molecule has 0 aliphatic carbocycles. The molecule has 144 valence electrons. The molecule has 0 saturated carbocycles. The van der Waals surface area contributed by atoms with Crippen molar-refractivity contribution in [1.29, 1.82) is 0 Å². The molecule has 1 atom stereocenters. The molecule has 3 rings (SSSR count). The zero-order valence-corrected chi connectivity index (χ0v) is 16.0. The molecule has 0 aromatic heterocycles. The Kier molecular flexibility index (Phi) is 8.30. The van der Waals surface area contributed by atoms with Crippen LogP contribution >= 0.6 is 12.4 Å². The number of nitrogens with one attached hydrogen (secondary N) is 2. The lowest BCUT2D eigenvalue weighted by atomic mass is 10.00. The van der Waals surface area contributed by atoms with Gasteiger partial charge in [0.25, 0.3) is 5.91 Å². The van der Waals surface area contributed by atoms with E-state index in [9.17, 15) is 9.59 Å². The highest BCUT2D eigenvalue weighted by molar-refractivity contribution is 6.08. The van der Waals surface area contributed by atoms with Crippen molar-refractivity contribution in [3.8, 4) is 5.75 Å². The minimum atomic E-state index is -0.125. The number of rotatable bonds is 7. The van der Waals surface area contributed by atoms with Crippen LogP contribution < -0.4 is 15.4 Å². The molecule has 6 heteroatoms. The Bertz CT molecular complexity index is 729. The van der Waals surface area contributed by atoms with E-state index < -0.39 is 0 Å². The Morgan fingerprint density at radius 3 is 2.41 bits per heavy atom. The smallest absolute Gasteiger partial charge is 0.257 e. The van der Waals surface area contributed by atoms with Crippen LogP contribution in [0.25, 0.3) is 0 Å². The number of carbonyl (C=O) groups is 2. The van der Waals surface area contributed by atoms with Gasteiger partial charge in [0.2, 0.25) is 0 Å². The lowest BCUT2D eigenvalue weighted by Gasteiger charge is -2.22. The molecule has 1 aliphatic heterocycles. The van der Waals surface area contributed by atoms with Crippen LogP contribution in [0.15, 0.2) is 54.6 Å². The maximum absolute atomic E-state index is 12.3. The molecule has 1 amide bonds. The van der Waals surface area contributed by atoms with Crippen LogP contribution in [0.4, 0.5) is 0 Å². The van der Waals surface area contributed by atoms with E-state index in [4.69, 9.17) is 4.74 Å². The molecule has 1 saturated heterocycles. The fraction of sp³-hybridized carbons (Fsp3) is 0.333. The molecule has 2 aromatic rings. The SMILES string of the molecule is Cl.O=C(COc1ccc(C(=O)c2ccccc2)cc1)NCC1CCCNC1. The second-order valence-electron chi connectivity index (χ2n) is 6.52. The molecular formula is C21H25ClN2O3. The topological polar surface area (TPSA) is 67.4 Å². The maximum atomic E-state index is 12.3. The summed E-state index contributed by atoms with van der Waals surface area (Å²) in [6, 6.07) is 16.0. The summed E-state index contributed by atoms with van der Waals surface area (Å²) in [5, 5.41) is 6.25. The highest BCUT2D eigenvalue weighted by Crippen LogP contribution is 2.15. The predicted octanol–water partition coefficient (Wildman–Crippen LogP) is 2.83. The largest absolute Gasteiger partial charge is 0.484 e. The summed E-state index contributed by atoms with van der Waals surface area (Å²) in [7, 11) is 0. The number of hydrogen-bond donors (Lipinski definition) is 2. The van der Waals surface area contributed by atoms with Gasteiger partial charge in [0.1, 0.15) is 5.75 Å². The Balaban J connectivity index is 0.00000261. The maximum Gasteiger partial charge on any atom is 0.257 e. The average molecular weight is 389 g/mol. The van der Waals surface area contributed by atoms with Crippen LogP contribution in [-0.2, 0) is 4.79 Å². The first kappa shape index (κ1) is 20.9. The van der Waals surface area contributed by atoms with E-state index in [0.29, 0.717) is 29.3 Å². The first-order chi connectivity index (χ1) is 12.7. The standard InChI is InChI=1S/C21H24N2O3.ClH/c24-20(23-14-16-5-4-12-22-13-16)15-26-19-10-8-18(9-11-19)21(25)17-6-2-1-3-7-17;/h1-3,6-11,16,22H,4-5,12-15H2,(H,23,24);1H. The minimum absolute atomic E-state index is 0. The second kappa shape index (κ2) is 10.7. The molecular weight excluding hydrogens is 364 g/mol. The van der Waals surface area contributed by atoms with E-state index in [1.165, 1.54) is 0 Å². The number of hydrogen-bond acceptors (Lipinski definition) is 4. The van der Waals surface area contributed by atoms with Gasteiger partial charge in [-0.25, -0.2) is 0 Å². The molecule has 0 radical (unpaired) electrons. The Morgan fingerprint density at radius 2 is 1.74 bits per heavy atom. The van der Waals surface area contributed by atoms with Gasteiger partial charge in [-0.05, 0) is 56.1 Å². The Hall–Kier alpha value is -2.37. The number of piperidine rings is 1. The Labute approximate surface area is 165 Å². The van der Waals surface area contributed by atoms with Crippen molar-refractivity contribution in [2.45, 2.75) is 12.8 Å². The van der Waals surface area contributed by atoms with Crippen molar-refractivity contribution in [1.82, 2.24) is 10.6 Å². The van der Waals surface area contributed by atoms with E-state index >= 15 is 0 Å². The summed E-state index contributed by atoms with van der Waals surface area (Å²) in [5.41, 5.74) is 1.25. The molecule has 1 unspecified atom stereocenters. The molecule has 27 heavy (non-hydrogen) atoms. The van der Waals surface area contributed by atoms with Gasteiger partial charge in [-0.3, -0.25) is 9.59 Å².